The Hall–Kier alpha value is -1.10. The number of hydrogen-bond acceptors (Lipinski definition) is 3. The van der Waals surface area contributed by atoms with Crippen molar-refractivity contribution in [3.8, 4) is 0 Å². The average Bonchev–Trinajstić information content (AvgIpc) is 2.37. The first kappa shape index (κ1) is 15.0. The molecule has 0 aromatic heterocycles. The minimum atomic E-state index is -0.0363. The summed E-state index contributed by atoms with van der Waals surface area (Å²) in [4.78, 5) is 25.4. The second-order valence-corrected chi connectivity index (χ2v) is 5.15. The number of rotatable bonds is 5. The maximum Gasteiger partial charge on any atom is 0.224 e. The molecule has 1 fully saturated rings. The molecule has 1 aliphatic heterocycles. The molecule has 1 atom stereocenters. The molecule has 0 bridgehead atoms. The molecule has 0 spiro atoms. The van der Waals surface area contributed by atoms with Gasteiger partial charge in [-0.2, -0.15) is 0 Å². The molecule has 1 heterocycles. The number of nitrogens with one attached hydrogen (secondary N) is 2. The van der Waals surface area contributed by atoms with Crippen LogP contribution in [0.3, 0.4) is 0 Å². The van der Waals surface area contributed by atoms with Crippen LogP contribution in [0.1, 0.15) is 33.1 Å². The summed E-state index contributed by atoms with van der Waals surface area (Å²) in [6, 6.07) is 0.401. The van der Waals surface area contributed by atoms with E-state index in [9.17, 15) is 9.59 Å². The van der Waals surface area contributed by atoms with Crippen LogP contribution in [-0.4, -0.2) is 49.4 Å². The summed E-state index contributed by atoms with van der Waals surface area (Å²) < 4.78 is 0. The van der Waals surface area contributed by atoms with Crippen LogP contribution in [-0.2, 0) is 9.59 Å². The van der Waals surface area contributed by atoms with Gasteiger partial charge in [-0.3, -0.25) is 9.59 Å². The highest BCUT2D eigenvalue weighted by Crippen LogP contribution is 2.17. The van der Waals surface area contributed by atoms with Crippen molar-refractivity contribution in [2.45, 2.75) is 39.2 Å². The SMILES string of the molecule is CNC(=O)C1CCCN(C(=O)CCNC(C)C)C1. The van der Waals surface area contributed by atoms with Crippen LogP contribution < -0.4 is 10.6 Å². The lowest BCUT2D eigenvalue weighted by molar-refractivity contribution is -0.135. The highest BCUT2D eigenvalue weighted by molar-refractivity contribution is 5.81. The predicted molar refractivity (Wildman–Crippen MR) is 71.1 cm³/mol. The number of hydrogen-bond donors (Lipinski definition) is 2. The number of nitrogens with zero attached hydrogens (tertiary/aromatic N) is 1. The first-order chi connectivity index (χ1) is 8.54. The van der Waals surface area contributed by atoms with Gasteiger partial charge in [-0.25, -0.2) is 0 Å². The summed E-state index contributed by atoms with van der Waals surface area (Å²) in [5.41, 5.74) is 0. The highest BCUT2D eigenvalue weighted by atomic mass is 16.2. The molecule has 0 aromatic carbocycles. The Morgan fingerprint density at radius 1 is 1.39 bits per heavy atom. The number of amides is 2. The minimum Gasteiger partial charge on any atom is -0.359 e. The molecule has 1 saturated heterocycles. The van der Waals surface area contributed by atoms with E-state index in [-0.39, 0.29) is 17.7 Å². The van der Waals surface area contributed by atoms with Crippen molar-refractivity contribution in [1.29, 1.82) is 0 Å². The van der Waals surface area contributed by atoms with Gasteiger partial charge in [0.05, 0.1) is 5.92 Å². The molecule has 0 radical (unpaired) electrons. The maximum atomic E-state index is 12.0. The molecule has 5 heteroatoms. The van der Waals surface area contributed by atoms with E-state index in [1.54, 1.807) is 7.05 Å². The summed E-state index contributed by atoms with van der Waals surface area (Å²) in [5.74, 6) is 0.162. The standard InChI is InChI=1S/C13H25N3O2/c1-10(2)15-7-6-12(17)16-8-4-5-11(9-16)13(18)14-3/h10-11,15H,4-9H2,1-3H3,(H,14,18). The van der Waals surface area contributed by atoms with Gasteiger partial charge in [-0.05, 0) is 12.8 Å². The fourth-order valence-corrected chi connectivity index (χ4v) is 2.25. The van der Waals surface area contributed by atoms with E-state index in [2.05, 4.69) is 24.5 Å². The van der Waals surface area contributed by atoms with Crippen LogP contribution >= 0.6 is 0 Å². The van der Waals surface area contributed by atoms with E-state index < -0.39 is 0 Å². The molecule has 1 aliphatic rings. The highest BCUT2D eigenvalue weighted by Gasteiger charge is 2.27. The van der Waals surface area contributed by atoms with E-state index in [1.165, 1.54) is 0 Å². The van der Waals surface area contributed by atoms with Crippen molar-refractivity contribution in [3.63, 3.8) is 0 Å². The van der Waals surface area contributed by atoms with E-state index in [4.69, 9.17) is 0 Å². The third-order valence-electron chi connectivity index (χ3n) is 3.28. The fraction of sp³-hybridized carbons (Fsp3) is 0.846. The predicted octanol–water partition coefficient (Wildman–Crippen LogP) is 0.359. The van der Waals surface area contributed by atoms with Crippen LogP contribution in [0.15, 0.2) is 0 Å². The Morgan fingerprint density at radius 2 is 2.11 bits per heavy atom. The van der Waals surface area contributed by atoms with Crippen molar-refractivity contribution in [2.24, 2.45) is 5.92 Å². The molecule has 5 nitrogen and oxygen atoms in total. The van der Waals surface area contributed by atoms with E-state index in [0.29, 0.717) is 25.6 Å². The van der Waals surface area contributed by atoms with Gasteiger partial charge in [-0.15, -0.1) is 0 Å². The topological polar surface area (TPSA) is 61.4 Å². The van der Waals surface area contributed by atoms with Crippen molar-refractivity contribution in [2.75, 3.05) is 26.7 Å². The van der Waals surface area contributed by atoms with Gasteiger partial charge in [-0.1, -0.05) is 13.8 Å². The molecule has 0 aliphatic carbocycles. The average molecular weight is 255 g/mol. The Kier molecular flexibility index (Phi) is 6.12. The number of likely N-dealkylation sites (tertiary alicyclic amines) is 1. The molecule has 1 unspecified atom stereocenters. The van der Waals surface area contributed by atoms with Crippen LogP contribution in [0, 0.1) is 5.92 Å². The molecule has 2 N–H and O–H groups in total. The monoisotopic (exact) mass is 255 g/mol. The summed E-state index contributed by atoms with van der Waals surface area (Å²) >= 11 is 0. The van der Waals surface area contributed by atoms with Gasteiger partial charge in [0.1, 0.15) is 0 Å². The zero-order chi connectivity index (χ0) is 13.5. The first-order valence-corrected chi connectivity index (χ1v) is 6.77. The molecular formula is C13H25N3O2. The molecule has 104 valence electrons. The van der Waals surface area contributed by atoms with Gasteiger partial charge in [0.15, 0.2) is 0 Å². The van der Waals surface area contributed by atoms with Gasteiger partial charge < -0.3 is 15.5 Å². The van der Waals surface area contributed by atoms with E-state index in [0.717, 1.165) is 19.4 Å². The van der Waals surface area contributed by atoms with Gasteiger partial charge in [0.2, 0.25) is 11.8 Å². The number of piperidine rings is 1. The van der Waals surface area contributed by atoms with Crippen LogP contribution in [0.4, 0.5) is 0 Å². The lowest BCUT2D eigenvalue weighted by Crippen LogP contribution is -2.45. The van der Waals surface area contributed by atoms with E-state index in [1.807, 2.05) is 4.90 Å². The van der Waals surface area contributed by atoms with Gasteiger partial charge >= 0.3 is 0 Å². The maximum absolute atomic E-state index is 12.0. The second-order valence-electron chi connectivity index (χ2n) is 5.15. The minimum absolute atomic E-state index is 0.0363. The Morgan fingerprint density at radius 3 is 2.72 bits per heavy atom. The number of carbonyl (C=O) groups excluding carboxylic acids is 2. The molecule has 1 rings (SSSR count). The molecule has 0 aromatic rings. The molecular weight excluding hydrogens is 230 g/mol. The quantitative estimate of drug-likeness (QED) is 0.745. The fourth-order valence-electron chi connectivity index (χ4n) is 2.25. The van der Waals surface area contributed by atoms with Crippen molar-refractivity contribution in [1.82, 2.24) is 15.5 Å². The summed E-state index contributed by atoms with van der Waals surface area (Å²) in [5, 5.41) is 5.90. The Balaban J connectivity index is 2.36. The van der Waals surface area contributed by atoms with Gasteiger partial charge in [0, 0.05) is 39.1 Å². The largest absolute Gasteiger partial charge is 0.359 e. The lowest BCUT2D eigenvalue weighted by atomic mass is 9.97. The molecule has 18 heavy (non-hydrogen) atoms. The van der Waals surface area contributed by atoms with Crippen LogP contribution in [0.2, 0.25) is 0 Å². The smallest absolute Gasteiger partial charge is 0.224 e. The third kappa shape index (κ3) is 4.64. The van der Waals surface area contributed by atoms with Gasteiger partial charge in [0.25, 0.3) is 0 Å². The molecule has 0 saturated carbocycles. The summed E-state index contributed by atoms with van der Waals surface area (Å²) in [7, 11) is 1.65. The normalized spacial score (nSPS) is 20.0. The lowest BCUT2D eigenvalue weighted by Gasteiger charge is -2.32. The van der Waals surface area contributed by atoms with E-state index >= 15 is 0 Å². The summed E-state index contributed by atoms with van der Waals surface area (Å²) in [6.45, 7) is 6.19. The zero-order valence-corrected chi connectivity index (χ0v) is 11.7. The van der Waals surface area contributed by atoms with Crippen LogP contribution in [0.5, 0.6) is 0 Å². The Bertz CT molecular complexity index is 292. The van der Waals surface area contributed by atoms with Crippen molar-refractivity contribution < 1.29 is 9.59 Å². The summed E-state index contributed by atoms with van der Waals surface area (Å²) in [6.07, 6.45) is 2.31. The van der Waals surface area contributed by atoms with Crippen LogP contribution in [0.25, 0.3) is 0 Å². The second kappa shape index (κ2) is 7.36. The zero-order valence-electron chi connectivity index (χ0n) is 11.7. The first-order valence-electron chi connectivity index (χ1n) is 6.77. The third-order valence-corrected chi connectivity index (χ3v) is 3.28. The van der Waals surface area contributed by atoms with Crippen molar-refractivity contribution >= 4 is 11.8 Å². The number of carbonyl (C=O) groups is 2. The molecule has 2 amide bonds. The Labute approximate surface area is 109 Å². The van der Waals surface area contributed by atoms with Crippen molar-refractivity contribution in [3.05, 3.63) is 0 Å².